The number of nitrogens with one attached hydrogen (secondary N) is 2. The molecule has 4 nitrogen and oxygen atoms in total. The van der Waals surface area contributed by atoms with Gasteiger partial charge in [0.1, 0.15) is 12.4 Å². The lowest BCUT2D eigenvalue weighted by Gasteiger charge is -2.22. The molecule has 1 unspecified atom stereocenters. The average molecular weight is 260 g/mol. The zero-order valence-electron chi connectivity index (χ0n) is 11.0. The molecule has 0 saturated carbocycles. The summed E-state index contributed by atoms with van der Waals surface area (Å²) in [5.41, 5.74) is 0.775. The Balaban J connectivity index is 1.93. The molecule has 2 N–H and O–H groups in total. The van der Waals surface area contributed by atoms with Gasteiger partial charge >= 0.3 is 0 Å². The first kappa shape index (κ1) is 13.6. The Morgan fingerprint density at radius 2 is 2.47 bits per heavy atom. The van der Waals surface area contributed by atoms with Crippen LogP contribution in [-0.4, -0.2) is 25.6 Å². The lowest BCUT2D eigenvalue weighted by atomic mass is 9.99. The SMILES string of the molecule is C=CCOc1cccc(NC(=O)C2CCCNC2)c1. The highest BCUT2D eigenvalue weighted by molar-refractivity contribution is 5.92. The van der Waals surface area contributed by atoms with Crippen LogP contribution in [0.3, 0.4) is 0 Å². The van der Waals surface area contributed by atoms with Crippen molar-refractivity contribution in [1.82, 2.24) is 5.32 Å². The van der Waals surface area contributed by atoms with Crippen LogP contribution in [0.1, 0.15) is 12.8 Å². The van der Waals surface area contributed by atoms with Crippen LogP contribution < -0.4 is 15.4 Å². The molecule has 1 aliphatic rings. The highest BCUT2D eigenvalue weighted by Crippen LogP contribution is 2.19. The summed E-state index contributed by atoms with van der Waals surface area (Å²) in [4.78, 5) is 12.1. The van der Waals surface area contributed by atoms with E-state index in [1.165, 1.54) is 0 Å². The molecule has 2 rings (SSSR count). The topological polar surface area (TPSA) is 50.4 Å². The van der Waals surface area contributed by atoms with Crippen molar-refractivity contribution >= 4 is 11.6 Å². The summed E-state index contributed by atoms with van der Waals surface area (Å²) in [5, 5.41) is 6.19. The average Bonchev–Trinajstić information content (AvgIpc) is 2.46. The summed E-state index contributed by atoms with van der Waals surface area (Å²) in [7, 11) is 0. The van der Waals surface area contributed by atoms with Gasteiger partial charge in [-0.05, 0) is 31.5 Å². The smallest absolute Gasteiger partial charge is 0.228 e. The van der Waals surface area contributed by atoms with Gasteiger partial charge in [-0.15, -0.1) is 0 Å². The Morgan fingerprint density at radius 1 is 1.58 bits per heavy atom. The molecule has 0 aromatic heterocycles. The Bertz CT molecular complexity index is 440. The molecule has 1 aliphatic heterocycles. The van der Waals surface area contributed by atoms with Gasteiger partial charge in [-0.25, -0.2) is 0 Å². The second-order valence-corrected chi connectivity index (χ2v) is 4.66. The summed E-state index contributed by atoms with van der Waals surface area (Å²) in [5.74, 6) is 0.874. The summed E-state index contributed by atoms with van der Waals surface area (Å²) >= 11 is 0. The lowest BCUT2D eigenvalue weighted by Crippen LogP contribution is -2.37. The number of carbonyl (C=O) groups is 1. The number of hydrogen-bond donors (Lipinski definition) is 2. The number of amides is 1. The fourth-order valence-corrected chi connectivity index (χ4v) is 2.14. The Morgan fingerprint density at radius 3 is 3.21 bits per heavy atom. The molecule has 1 amide bonds. The molecule has 1 atom stereocenters. The van der Waals surface area contributed by atoms with E-state index in [4.69, 9.17) is 4.74 Å². The summed E-state index contributed by atoms with van der Waals surface area (Å²) in [6.07, 6.45) is 3.70. The Labute approximate surface area is 113 Å². The third kappa shape index (κ3) is 4.10. The van der Waals surface area contributed by atoms with E-state index < -0.39 is 0 Å². The number of benzene rings is 1. The molecule has 0 bridgehead atoms. The summed E-state index contributed by atoms with van der Waals surface area (Å²) < 4.78 is 5.44. The van der Waals surface area contributed by atoms with Gasteiger partial charge in [0.05, 0.1) is 5.92 Å². The van der Waals surface area contributed by atoms with Crippen LogP contribution in [0, 0.1) is 5.92 Å². The van der Waals surface area contributed by atoms with E-state index in [0.29, 0.717) is 6.61 Å². The maximum absolute atomic E-state index is 12.1. The fraction of sp³-hybridized carbons (Fsp3) is 0.400. The van der Waals surface area contributed by atoms with Gasteiger partial charge in [-0.3, -0.25) is 4.79 Å². The van der Waals surface area contributed by atoms with E-state index in [0.717, 1.165) is 37.4 Å². The zero-order valence-corrected chi connectivity index (χ0v) is 11.0. The summed E-state index contributed by atoms with van der Waals surface area (Å²) in [6, 6.07) is 7.43. The molecular weight excluding hydrogens is 240 g/mol. The maximum atomic E-state index is 12.1. The third-order valence-electron chi connectivity index (χ3n) is 3.14. The van der Waals surface area contributed by atoms with E-state index in [2.05, 4.69) is 17.2 Å². The lowest BCUT2D eigenvalue weighted by molar-refractivity contribution is -0.120. The molecule has 0 aliphatic carbocycles. The van der Waals surface area contributed by atoms with Gasteiger partial charge in [0, 0.05) is 18.3 Å². The minimum Gasteiger partial charge on any atom is -0.489 e. The van der Waals surface area contributed by atoms with Crippen molar-refractivity contribution in [2.45, 2.75) is 12.8 Å². The van der Waals surface area contributed by atoms with E-state index in [1.807, 2.05) is 24.3 Å². The van der Waals surface area contributed by atoms with Gasteiger partial charge < -0.3 is 15.4 Å². The molecule has 19 heavy (non-hydrogen) atoms. The largest absolute Gasteiger partial charge is 0.489 e. The molecule has 4 heteroatoms. The number of piperidine rings is 1. The number of ether oxygens (including phenoxy) is 1. The first-order valence-electron chi connectivity index (χ1n) is 6.65. The third-order valence-corrected chi connectivity index (χ3v) is 3.14. The quantitative estimate of drug-likeness (QED) is 0.798. The second kappa shape index (κ2) is 6.95. The normalized spacial score (nSPS) is 18.6. The van der Waals surface area contributed by atoms with Crippen molar-refractivity contribution in [3.63, 3.8) is 0 Å². The predicted molar refractivity (Wildman–Crippen MR) is 76.4 cm³/mol. The standard InChI is InChI=1S/C15H20N2O2/c1-2-9-19-14-7-3-6-13(10-14)17-15(18)12-5-4-8-16-11-12/h2-3,6-7,10,12,16H,1,4-5,8-9,11H2,(H,17,18). The maximum Gasteiger partial charge on any atom is 0.228 e. The van der Waals surface area contributed by atoms with Gasteiger partial charge in [-0.2, -0.15) is 0 Å². The van der Waals surface area contributed by atoms with Crippen LogP contribution in [0.15, 0.2) is 36.9 Å². The number of hydrogen-bond acceptors (Lipinski definition) is 3. The number of carbonyl (C=O) groups excluding carboxylic acids is 1. The monoisotopic (exact) mass is 260 g/mol. The predicted octanol–water partition coefficient (Wildman–Crippen LogP) is 2.19. The fourth-order valence-electron chi connectivity index (χ4n) is 2.14. The van der Waals surface area contributed by atoms with Crippen LogP contribution >= 0.6 is 0 Å². The van der Waals surface area contributed by atoms with Crippen molar-refractivity contribution < 1.29 is 9.53 Å². The van der Waals surface area contributed by atoms with Crippen LogP contribution in [0.4, 0.5) is 5.69 Å². The Kier molecular flexibility index (Phi) is 4.98. The van der Waals surface area contributed by atoms with Crippen molar-refractivity contribution in [2.75, 3.05) is 25.0 Å². The van der Waals surface area contributed by atoms with Crippen LogP contribution in [-0.2, 0) is 4.79 Å². The first-order valence-corrected chi connectivity index (χ1v) is 6.65. The molecule has 1 aromatic carbocycles. The van der Waals surface area contributed by atoms with Crippen LogP contribution in [0.2, 0.25) is 0 Å². The van der Waals surface area contributed by atoms with E-state index in [-0.39, 0.29) is 11.8 Å². The molecule has 1 heterocycles. The van der Waals surface area contributed by atoms with Crippen molar-refractivity contribution in [3.8, 4) is 5.75 Å². The first-order chi connectivity index (χ1) is 9.29. The van der Waals surface area contributed by atoms with Crippen molar-refractivity contribution in [2.24, 2.45) is 5.92 Å². The van der Waals surface area contributed by atoms with Crippen LogP contribution in [0.5, 0.6) is 5.75 Å². The molecule has 0 radical (unpaired) electrons. The second-order valence-electron chi connectivity index (χ2n) is 4.66. The van der Waals surface area contributed by atoms with Gasteiger partial charge in [0.15, 0.2) is 0 Å². The Hall–Kier alpha value is -1.81. The van der Waals surface area contributed by atoms with Crippen LogP contribution in [0.25, 0.3) is 0 Å². The summed E-state index contributed by atoms with van der Waals surface area (Å²) in [6.45, 7) is 5.84. The number of rotatable bonds is 5. The van der Waals surface area contributed by atoms with E-state index in [9.17, 15) is 4.79 Å². The van der Waals surface area contributed by atoms with Gasteiger partial charge in [0.25, 0.3) is 0 Å². The highest BCUT2D eigenvalue weighted by Gasteiger charge is 2.20. The molecule has 1 saturated heterocycles. The zero-order chi connectivity index (χ0) is 13.5. The molecular formula is C15H20N2O2. The van der Waals surface area contributed by atoms with Gasteiger partial charge in [-0.1, -0.05) is 18.7 Å². The molecule has 102 valence electrons. The minimum atomic E-state index is 0.0616. The number of anilines is 1. The minimum absolute atomic E-state index is 0.0616. The van der Waals surface area contributed by atoms with E-state index in [1.54, 1.807) is 6.08 Å². The van der Waals surface area contributed by atoms with Crippen molar-refractivity contribution in [1.29, 1.82) is 0 Å². The molecule has 1 aromatic rings. The molecule has 0 spiro atoms. The molecule has 1 fully saturated rings. The van der Waals surface area contributed by atoms with Gasteiger partial charge in [0.2, 0.25) is 5.91 Å². The highest BCUT2D eigenvalue weighted by atomic mass is 16.5. The van der Waals surface area contributed by atoms with Crippen molar-refractivity contribution in [3.05, 3.63) is 36.9 Å². The van der Waals surface area contributed by atoms with E-state index >= 15 is 0 Å².